The Morgan fingerprint density at radius 1 is 1.32 bits per heavy atom. The number of piperazine rings is 1. The Kier molecular flexibility index (Phi) is 5.10. The number of carbonyl (C=O) groups is 1. The van der Waals surface area contributed by atoms with Gasteiger partial charge in [0.25, 0.3) is 0 Å². The number of thiocarbonyl (C=S) groups is 1. The Hall–Kier alpha value is -2.32. The van der Waals surface area contributed by atoms with Gasteiger partial charge in [-0.3, -0.25) is 4.79 Å². The Bertz CT molecular complexity index is 818. The number of nitrogens with one attached hydrogen (secondary N) is 1. The number of aliphatic carboxylic acids is 1. The second-order valence-corrected chi connectivity index (χ2v) is 6.58. The van der Waals surface area contributed by atoms with Crippen LogP contribution in [-0.4, -0.2) is 58.8 Å². The van der Waals surface area contributed by atoms with Gasteiger partial charge < -0.3 is 26.0 Å². The molecule has 9 heteroatoms. The Morgan fingerprint density at radius 2 is 2.04 bits per heavy atom. The number of hydrogen-bond donors (Lipinski definition) is 3. The molecule has 2 heterocycles. The Balaban J connectivity index is 1.74. The topological polar surface area (TPSA) is 94.7 Å². The van der Waals surface area contributed by atoms with Gasteiger partial charge in [0.15, 0.2) is 5.11 Å². The van der Waals surface area contributed by atoms with Crippen molar-refractivity contribution in [2.24, 2.45) is 0 Å². The summed E-state index contributed by atoms with van der Waals surface area (Å²) >= 11 is 11.3. The van der Waals surface area contributed by atoms with Gasteiger partial charge in [-0.1, -0.05) is 11.6 Å². The van der Waals surface area contributed by atoms with Gasteiger partial charge in [-0.25, -0.2) is 4.98 Å². The lowest BCUT2D eigenvalue weighted by molar-refractivity contribution is -0.135. The van der Waals surface area contributed by atoms with Crippen LogP contribution in [0.5, 0.6) is 0 Å². The van der Waals surface area contributed by atoms with E-state index in [1.165, 1.54) is 0 Å². The summed E-state index contributed by atoms with van der Waals surface area (Å²) < 4.78 is 0. The number of halogens is 1. The van der Waals surface area contributed by atoms with Crippen molar-refractivity contribution in [3.05, 3.63) is 29.3 Å². The van der Waals surface area contributed by atoms with Crippen LogP contribution in [-0.2, 0) is 4.79 Å². The molecule has 4 N–H and O–H groups in total. The van der Waals surface area contributed by atoms with Gasteiger partial charge in [-0.15, -0.1) is 0 Å². The Labute approximate surface area is 155 Å². The molecular formula is C16H18ClN5O2S. The van der Waals surface area contributed by atoms with Gasteiger partial charge in [0, 0.05) is 48.3 Å². The van der Waals surface area contributed by atoms with Crippen LogP contribution in [0.25, 0.3) is 10.9 Å². The van der Waals surface area contributed by atoms with Crippen molar-refractivity contribution in [1.29, 1.82) is 0 Å². The molecule has 1 aliphatic rings. The van der Waals surface area contributed by atoms with E-state index < -0.39 is 5.97 Å². The summed E-state index contributed by atoms with van der Waals surface area (Å²) in [5.41, 5.74) is 7.73. The number of nitrogens with zero attached hydrogens (tertiary/aromatic N) is 3. The molecule has 0 bridgehead atoms. The number of pyridine rings is 1. The first-order valence-corrected chi connectivity index (χ1v) is 8.58. The molecule has 0 amide bonds. The first-order valence-electron chi connectivity index (χ1n) is 7.79. The molecular weight excluding hydrogens is 362 g/mol. The van der Waals surface area contributed by atoms with E-state index in [-0.39, 0.29) is 6.54 Å². The third-order valence-electron chi connectivity index (χ3n) is 4.07. The molecule has 0 spiro atoms. The van der Waals surface area contributed by atoms with Crippen LogP contribution < -0.4 is 16.0 Å². The van der Waals surface area contributed by atoms with Gasteiger partial charge in [-0.2, -0.15) is 0 Å². The number of nitrogens with two attached hydrogens (primary N) is 1. The van der Waals surface area contributed by atoms with Gasteiger partial charge in [-0.05, 0) is 30.4 Å². The average molecular weight is 380 g/mol. The molecule has 1 saturated heterocycles. The van der Waals surface area contributed by atoms with E-state index in [4.69, 9.17) is 34.7 Å². The highest BCUT2D eigenvalue weighted by Gasteiger charge is 2.21. The number of hydrogen-bond acceptors (Lipinski definition) is 5. The standard InChI is InChI=1S/C16H18ClN5O2S/c17-10-1-2-11-12(7-10)20-14(18)8-13(11)21-3-5-22(6-4-21)16(25)19-9-15(23)24/h1-2,7-8H,3-6,9H2,(H2,18,20)(H,19,25)(H,23,24). The minimum Gasteiger partial charge on any atom is -0.480 e. The van der Waals surface area contributed by atoms with Crippen LogP contribution >= 0.6 is 23.8 Å². The normalized spacial score (nSPS) is 14.6. The predicted molar refractivity (Wildman–Crippen MR) is 103 cm³/mol. The molecule has 1 aromatic heterocycles. The van der Waals surface area contributed by atoms with Crippen LogP contribution in [0.4, 0.5) is 11.5 Å². The fraction of sp³-hybridized carbons (Fsp3) is 0.312. The van der Waals surface area contributed by atoms with Gasteiger partial charge in [0.05, 0.1) is 5.52 Å². The number of nitrogen functional groups attached to an aromatic ring is 1. The van der Waals surface area contributed by atoms with Crippen molar-refractivity contribution in [2.75, 3.05) is 43.4 Å². The maximum Gasteiger partial charge on any atom is 0.322 e. The molecule has 1 aromatic carbocycles. The van der Waals surface area contributed by atoms with Gasteiger partial charge in [0.2, 0.25) is 0 Å². The lowest BCUT2D eigenvalue weighted by Crippen LogP contribution is -2.52. The lowest BCUT2D eigenvalue weighted by Gasteiger charge is -2.37. The largest absolute Gasteiger partial charge is 0.480 e. The first kappa shape index (κ1) is 17.5. The molecule has 0 radical (unpaired) electrons. The summed E-state index contributed by atoms with van der Waals surface area (Å²) in [6, 6.07) is 7.46. The molecule has 1 fully saturated rings. The lowest BCUT2D eigenvalue weighted by atomic mass is 10.1. The van der Waals surface area contributed by atoms with Crippen LogP contribution in [0.1, 0.15) is 0 Å². The summed E-state index contributed by atoms with van der Waals surface area (Å²) in [5.74, 6) is -0.482. The number of benzene rings is 1. The smallest absolute Gasteiger partial charge is 0.322 e. The molecule has 1 aliphatic heterocycles. The molecule has 0 atom stereocenters. The molecule has 0 saturated carbocycles. The Morgan fingerprint density at radius 3 is 2.72 bits per heavy atom. The number of aromatic nitrogens is 1. The number of carboxylic acids is 1. The van der Waals surface area contributed by atoms with Crippen LogP contribution in [0, 0.1) is 0 Å². The third kappa shape index (κ3) is 4.02. The number of rotatable bonds is 3. The highest BCUT2D eigenvalue weighted by molar-refractivity contribution is 7.80. The van der Waals surface area contributed by atoms with Crippen LogP contribution in [0.15, 0.2) is 24.3 Å². The van der Waals surface area contributed by atoms with Crippen molar-refractivity contribution >= 4 is 57.3 Å². The van der Waals surface area contributed by atoms with E-state index in [0.29, 0.717) is 29.0 Å². The summed E-state index contributed by atoms with van der Waals surface area (Å²) in [7, 11) is 0. The minimum atomic E-state index is -0.932. The molecule has 7 nitrogen and oxygen atoms in total. The minimum absolute atomic E-state index is 0.175. The average Bonchev–Trinajstić information content (AvgIpc) is 2.58. The van der Waals surface area contributed by atoms with Crippen LogP contribution in [0.2, 0.25) is 5.02 Å². The van der Waals surface area contributed by atoms with E-state index in [1.54, 1.807) is 6.07 Å². The summed E-state index contributed by atoms with van der Waals surface area (Å²) in [4.78, 5) is 19.2. The van der Waals surface area contributed by atoms with E-state index in [1.807, 2.05) is 23.1 Å². The molecule has 0 unspecified atom stereocenters. The highest BCUT2D eigenvalue weighted by Crippen LogP contribution is 2.30. The summed E-state index contributed by atoms with van der Waals surface area (Å²) in [6.45, 7) is 2.71. The fourth-order valence-corrected chi connectivity index (χ4v) is 3.30. The number of fused-ring (bicyclic) bond motifs is 1. The zero-order chi connectivity index (χ0) is 18.0. The number of anilines is 2. The van der Waals surface area contributed by atoms with Gasteiger partial charge in [0.1, 0.15) is 12.4 Å². The predicted octanol–water partition coefficient (Wildman–Crippen LogP) is 1.55. The first-order chi connectivity index (χ1) is 11.9. The second kappa shape index (κ2) is 7.28. The summed E-state index contributed by atoms with van der Waals surface area (Å²) in [5, 5.41) is 13.6. The highest BCUT2D eigenvalue weighted by atomic mass is 35.5. The zero-order valence-electron chi connectivity index (χ0n) is 13.4. The molecule has 132 valence electrons. The fourth-order valence-electron chi connectivity index (χ4n) is 2.88. The van der Waals surface area contributed by atoms with Crippen molar-refractivity contribution < 1.29 is 9.90 Å². The maximum atomic E-state index is 10.6. The second-order valence-electron chi connectivity index (χ2n) is 5.75. The van der Waals surface area contributed by atoms with Crippen molar-refractivity contribution in [1.82, 2.24) is 15.2 Å². The molecule has 3 rings (SSSR count). The third-order valence-corrected chi connectivity index (χ3v) is 4.71. The monoisotopic (exact) mass is 379 g/mol. The SMILES string of the molecule is Nc1cc(N2CCN(C(=S)NCC(=O)O)CC2)c2ccc(Cl)cc2n1. The molecule has 2 aromatic rings. The number of carboxylic acid groups (broad SMARTS) is 1. The van der Waals surface area contributed by atoms with E-state index in [0.717, 1.165) is 29.7 Å². The van der Waals surface area contributed by atoms with Crippen molar-refractivity contribution in [2.45, 2.75) is 0 Å². The summed E-state index contributed by atoms with van der Waals surface area (Å²) in [6.07, 6.45) is 0. The van der Waals surface area contributed by atoms with Crippen molar-refractivity contribution in [3.8, 4) is 0 Å². The van der Waals surface area contributed by atoms with Gasteiger partial charge >= 0.3 is 5.97 Å². The van der Waals surface area contributed by atoms with Crippen LogP contribution in [0.3, 0.4) is 0 Å². The van der Waals surface area contributed by atoms with E-state index >= 15 is 0 Å². The molecule has 25 heavy (non-hydrogen) atoms. The van der Waals surface area contributed by atoms with E-state index in [9.17, 15) is 4.79 Å². The molecule has 0 aliphatic carbocycles. The van der Waals surface area contributed by atoms with Crippen molar-refractivity contribution in [3.63, 3.8) is 0 Å². The quantitative estimate of drug-likeness (QED) is 0.691. The van der Waals surface area contributed by atoms with E-state index in [2.05, 4.69) is 15.2 Å². The maximum absolute atomic E-state index is 10.6. The zero-order valence-corrected chi connectivity index (χ0v) is 15.0.